The van der Waals surface area contributed by atoms with E-state index in [0.717, 1.165) is 5.56 Å². The summed E-state index contributed by atoms with van der Waals surface area (Å²) in [5.74, 6) is 1.48. The van der Waals surface area contributed by atoms with Gasteiger partial charge in [0.1, 0.15) is 5.75 Å². The van der Waals surface area contributed by atoms with Crippen LogP contribution in [0.2, 0.25) is 0 Å². The zero-order chi connectivity index (χ0) is 14.7. The lowest BCUT2D eigenvalue weighted by Gasteiger charge is -2.00. The Morgan fingerprint density at radius 3 is 2.71 bits per heavy atom. The minimum Gasteiger partial charge on any atom is -0.508 e. The molecule has 4 heteroatoms. The van der Waals surface area contributed by atoms with Crippen LogP contribution in [0.1, 0.15) is 28.4 Å². The molecule has 0 atom stereocenters. The number of phenolic OH excluding ortho intramolecular Hbond substituents is 1. The molecule has 3 rings (SSSR count). The summed E-state index contributed by atoms with van der Waals surface area (Å²) in [6, 6.07) is 15.2. The standard InChI is InChI=1S/C17H16N2O2/c1-12-5-2-3-7-14(12)11-16-18-17(21-19-16)10-13-6-4-8-15(20)9-13/h2-9,20H,10-11H2,1H3. The van der Waals surface area contributed by atoms with Gasteiger partial charge in [-0.3, -0.25) is 0 Å². The number of phenols is 1. The maximum atomic E-state index is 9.46. The first-order valence-corrected chi connectivity index (χ1v) is 6.84. The highest BCUT2D eigenvalue weighted by Gasteiger charge is 2.09. The van der Waals surface area contributed by atoms with E-state index in [0.29, 0.717) is 24.6 Å². The zero-order valence-electron chi connectivity index (χ0n) is 11.8. The largest absolute Gasteiger partial charge is 0.508 e. The Balaban J connectivity index is 1.73. The van der Waals surface area contributed by atoms with Crippen molar-refractivity contribution in [3.8, 4) is 5.75 Å². The van der Waals surface area contributed by atoms with Crippen molar-refractivity contribution in [1.29, 1.82) is 0 Å². The average molecular weight is 280 g/mol. The number of aromatic nitrogens is 2. The SMILES string of the molecule is Cc1ccccc1Cc1noc(Cc2cccc(O)c2)n1. The van der Waals surface area contributed by atoms with Gasteiger partial charge in [-0.15, -0.1) is 0 Å². The number of rotatable bonds is 4. The van der Waals surface area contributed by atoms with E-state index in [1.54, 1.807) is 18.2 Å². The summed E-state index contributed by atoms with van der Waals surface area (Å²) in [6.45, 7) is 2.07. The first kappa shape index (κ1) is 13.4. The molecule has 4 nitrogen and oxygen atoms in total. The normalized spacial score (nSPS) is 10.7. The minimum atomic E-state index is 0.243. The molecule has 21 heavy (non-hydrogen) atoms. The van der Waals surface area contributed by atoms with Crippen LogP contribution in [0.3, 0.4) is 0 Å². The highest BCUT2D eigenvalue weighted by Crippen LogP contribution is 2.16. The molecule has 0 bridgehead atoms. The maximum Gasteiger partial charge on any atom is 0.231 e. The van der Waals surface area contributed by atoms with Gasteiger partial charge in [0.05, 0.1) is 6.42 Å². The number of hydrogen-bond donors (Lipinski definition) is 1. The fraction of sp³-hybridized carbons (Fsp3) is 0.176. The second-order valence-corrected chi connectivity index (χ2v) is 5.05. The lowest BCUT2D eigenvalue weighted by atomic mass is 10.1. The van der Waals surface area contributed by atoms with Gasteiger partial charge >= 0.3 is 0 Å². The number of aryl methyl sites for hydroxylation is 1. The molecule has 0 amide bonds. The molecule has 0 spiro atoms. The van der Waals surface area contributed by atoms with E-state index >= 15 is 0 Å². The van der Waals surface area contributed by atoms with Crippen molar-refractivity contribution in [2.75, 3.05) is 0 Å². The van der Waals surface area contributed by atoms with Crippen molar-refractivity contribution in [2.45, 2.75) is 19.8 Å². The predicted molar refractivity (Wildman–Crippen MR) is 79.2 cm³/mol. The van der Waals surface area contributed by atoms with Crippen molar-refractivity contribution < 1.29 is 9.63 Å². The Labute approximate surface area is 123 Å². The third-order valence-corrected chi connectivity index (χ3v) is 3.39. The average Bonchev–Trinajstić information content (AvgIpc) is 2.89. The van der Waals surface area contributed by atoms with Crippen LogP contribution in [0.25, 0.3) is 0 Å². The van der Waals surface area contributed by atoms with E-state index in [1.807, 2.05) is 18.2 Å². The molecular formula is C17H16N2O2. The van der Waals surface area contributed by atoms with Gasteiger partial charge in [0.15, 0.2) is 5.82 Å². The van der Waals surface area contributed by atoms with Gasteiger partial charge in [0, 0.05) is 6.42 Å². The molecule has 0 saturated heterocycles. The Hall–Kier alpha value is -2.62. The molecule has 1 heterocycles. The third kappa shape index (κ3) is 3.28. The van der Waals surface area contributed by atoms with Crippen LogP contribution in [-0.2, 0) is 12.8 Å². The van der Waals surface area contributed by atoms with Crippen molar-refractivity contribution in [3.05, 3.63) is 76.9 Å². The van der Waals surface area contributed by atoms with Crippen LogP contribution >= 0.6 is 0 Å². The van der Waals surface area contributed by atoms with Gasteiger partial charge in [-0.2, -0.15) is 4.98 Å². The molecule has 0 aliphatic carbocycles. The molecule has 0 unspecified atom stereocenters. The number of hydrogen-bond acceptors (Lipinski definition) is 4. The van der Waals surface area contributed by atoms with Gasteiger partial charge in [0.25, 0.3) is 0 Å². The van der Waals surface area contributed by atoms with Crippen molar-refractivity contribution in [2.24, 2.45) is 0 Å². The maximum absolute atomic E-state index is 9.46. The molecule has 0 aliphatic rings. The van der Waals surface area contributed by atoms with E-state index < -0.39 is 0 Å². The lowest BCUT2D eigenvalue weighted by molar-refractivity contribution is 0.380. The molecular weight excluding hydrogens is 264 g/mol. The van der Waals surface area contributed by atoms with Gasteiger partial charge < -0.3 is 9.63 Å². The molecule has 1 aromatic heterocycles. The zero-order valence-corrected chi connectivity index (χ0v) is 11.8. The Morgan fingerprint density at radius 1 is 1.05 bits per heavy atom. The van der Waals surface area contributed by atoms with Crippen LogP contribution in [-0.4, -0.2) is 15.2 Å². The highest BCUT2D eigenvalue weighted by atomic mass is 16.5. The first-order chi connectivity index (χ1) is 10.2. The molecule has 0 fully saturated rings. The first-order valence-electron chi connectivity index (χ1n) is 6.84. The summed E-state index contributed by atoms with van der Waals surface area (Å²) in [6.07, 6.45) is 1.19. The summed E-state index contributed by atoms with van der Waals surface area (Å²) in [7, 11) is 0. The summed E-state index contributed by atoms with van der Waals surface area (Å²) >= 11 is 0. The lowest BCUT2D eigenvalue weighted by Crippen LogP contribution is -1.94. The molecule has 0 radical (unpaired) electrons. The molecule has 0 saturated carbocycles. The van der Waals surface area contributed by atoms with Crippen LogP contribution in [0.5, 0.6) is 5.75 Å². The van der Waals surface area contributed by atoms with Crippen LogP contribution in [0.15, 0.2) is 53.1 Å². The molecule has 0 aliphatic heterocycles. The Bertz CT molecular complexity index is 750. The van der Waals surface area contributed by atoms with E-state index in [1.165, 1.54) is 11.1 Å². The summed E-state index contributed by atoms with van der Waals surface area (Å²) in [5, 5.41) is 13.5. The topological polar surface area (TPSA) is 59.2 Å². The van der Waals surface area contributed by atoms with Gasteiger partial charge in [0.2, 0.25) is 5.89 Å². The van der Waals surface area contributed by atoms with Crippen molar-refractivity contribution in [3.63, 3.8) is 0 Å². The summed E-state index contributed by atoms with van der Waals surface area (Å²) < 4.78 is 5.28. The number of aromatic hydroxyl groups is 1. The monoisotopic (exact) mass is 280 g/mol. The van der Waals surface area contributed by atoms with E-state index in [4.69, 9.17) is 4.52 Å². The van der Waals surface area contributed by atoms with Gasteiger partial charge in [-0.25, -0.2) is 0 Å². The van der Waals surface area contributed by atoms with Crippen molar-refractivity contribution in [1.82, 2.24) is 10.1 Å². The van der Waals surface area contributed by atoms with Gasteiger partial charge in [-0.1, -0.05) is 41.6 Å². The van der Waals surface area contributed by atoms with Crippen molar-refractivity contribution >= 4 is 0 Å². The summed E-state index contributed by atoms with van der Waals surface area (Å²) in [5.41, 5.74) is 3.36. The predicted octanol–water partition coefficient (Wildman–Crippen LogP) is 3.27. The second kappa shape index (κ2) is 5.79. The molecule has 3 aromatic rings. The second-order valence-electron chi connectivity index (χ2n) is 5.05. The minimum absolute atomic E-state index is 0.243. The van der Waals surface area contributed by atoms with Crippen LogP contribution in [0.4, 0.5) is 0 Å². The molecule has 106 valence electrons. The number of benzene rings is 2. The van der Waals surface area contributed by atoms with E-state index in [2.05, 4.69) is 29.2 Å². The van der Waals surface area contributed by atoms with Crippen LogP contribution in [0, 0.1) is 6.92 Å². The smallest absolute Gasteiger partial charge is 0.231 e. The highest BCUT2D eigenvalue weighted by molar-refractivity contribution is 5.29. The molecule has 2 aromatic carbocycles. The molecule has 1 N–H and O–H groups in total. The number of nitrogens with zero attached hydrogens (tertiary/aromatic N) is 2. The Kier molecular flexibility index (Phi) is 3.69. The third-order valence-electron chi connectivity index (χ3n) is 3.39. The fourth-order valence-electron chi connectivity index (χ4n) is 2.25. The fourth-order valence-corrected chi connectivity index (χ4v) is 2.25. The Morgan fingerprint density at radius 2 is 1.90 bits per heavy atom. The van der Waals surface area contributed by atoms with Crippen LogP contribution < -0.4 is 0 Å². The van der Waals surface area contributed by atoms with Gasteiger partial charge in [-0.05, 0) is 35.7 Å². The quantitative estimate of drug-likeness (QED) is 0.797. The van der Waals surface area contributed by atoms with E-state index in [9.17, 15) is 5.11 Å². The summed E-state index contributed by atoms with van der Waals surface area (Å²) in [4.78, 5) is 4.41. The van der Waals surface area contributed by atoms with E-state index in [-0.39, 0.29) is 5.75 Å².